The van der Waals surface area contributed by atoms with E-state index >= 15 is 0 Å². The third-order valence-corrected chi connectivity index (χ3v) is 5.14. The summed E-state index contributed by atoms with van der Waals surface area (Å²) in [5.41, 5.74) is 0. The third kappa shape index (κ3) is 3.22. The first-order chi connectivity index (χ1) is 9.78. The van der Waals surface area contributed by atoms with Crippen molar-refractivity contribution in [2.75, 3.05) is 12.4 Å². The predicted octanol–water partition coefficient (Wildman–Crippen LogP) is 1.71. The molecule has 1 fully saturated rings. The quantitative estimate of drug-likeness (QED) is 0.762. The molecule has 0 aromatic carbocycles. The van der Waals surface area contributed by atoms with E-state index in [-0.39, 0.29) is 6.61 Å². The molecule has 0 amide bonds. The lowest BCUT2D eigenvalue weighted by Crippen LogP contribution is -2.15. The third-order valence-electron chi connectivity index (χ3n) is 3.18. The number of rotatable bonds is 7. The number of thioether (sulfide) groups is 1. The lowest BCUT2D eigenvalue weighted by atomic mass is 10.3. The summed E-state index contributed by atoms with van der Waals surface area (Å²) in [7, 11) is 0. The minimum Gasteiger partial charge on any atom is -0.394 e. The Morgan fingerprint density at radius 1 is 1.45 bits per heavy atom. The van der Waals surface area contributed by atoms with Crippen molar-refractivity contribution < 1.29 is 10.2 Å². The molecule has 20 heavy (non-hydrogen) atoms. The fraction of sp³-hybridized carbons (Fsp3) is 0.538. The summed E-state index contributed by atoms with van der Waals surface area (Å²) in [4.78, 5) is 1.28. The molecule has 1 aliphatic carbocycles. The number of aliphatic hydroxyl groups is 2. The van der Waals surface area contributed by atoms with E-state index in [4.69, 9.17) is 5.11 Å². The van der Waals surface area contributed by atoms with Crippen LogP contribution in [-0.2, 0) is 6.42 Å². The Hall–Kier alpha value is -0.890. The van der Waals surface area contributed by atoms with E-state index in [2.05, 4.69) is 26.2 Å². The number of nitrogens with zero attached hydrogens (tertiary/aromatic N) is 3. The highest BCUT2D eigenvalue weighted by Gasteiger charge is 2.29. The lowest BCUT2D eigenvalue weighted by molar-refractivity contribution is 0.113. The Morgan fingerprint density at radius 2 is 2.30 bits per heavy atom. The van der Waals surface area contributed by atoms with Crippen LogP contribution >= 0.6 is 23.1 Å². The van der Waals surface area contributed by atoms with Gasteiger partial charge in [0.25, 0.3) is 0 Å². The van der Waals surface area contributed by atoms with E-state index in [1.807, 2.05) is 6.07 Å². The average Bonchev–Trinajstić information content (AvgIpc) is 3.01. The van der Waals surface area contributed by atoms with Crippen molar-refractivity contribution in [1.82, 2.24) is 14.8 Å². The van der Waals surface area contributed by atoms with Crippen LogP contribution in [0.1, 0.15) is 29.6 Å². The molecule has 0 spiro atoms. The highest BCUT2D eigenvalue weighted by atomic mass is 32.2. The first-order valence-corrected chi connectivity index (χ1v) is 8.52. The highest BCUT2D eigenvalue weighted by Crippen LogP contribution is 2.39. The highest BCUT2D eigenvalue weighted by molar-refractivity contribution is 7.99. The second-order valence-corrected chi connectivity index (χ2v) is 6.92. The number of hydrogen-bond donors (Lipinski definition) is 2. The zero-order valence-corrected chi connectivity index (χ0v) is 12.6. The predicted molar refractivity (Wildman–Crippen MR) is 79.2 cm³/mol. The van der Waals surface area contributed by atoms with Gasteiger partial charge in [0.05, 0.1) is 12.7 Å². The van der Waals surface area contributed by atoms with Crippen LogP contribution in [0.4, 0.5) is 0 Å². The minimum atomic E-state index is -0.704. The Morgan fingerprint density at radius 3 is 2.95 bits per heavy atom. The van der Waals surface area contributed by atoms with Crippen molar-refractivity contribution in [3.05, 3.63) is 28.2 Å². The van der Waals surface area contributed by atoms with Crippen LogP contribution in [0, 0.1) is 0 Å². The molecule has 0 saturated heterocycles. The largest absolute Gasteiger partial charge is 0.394 e. The van der Waals surface area contributed by atoms with Crippen molar-refractivity contribution in [2.24, 2.45) is 0 Å². The number of aromatic nitrogens is 3. The van der Waals surface area contributed by atoms with Gasteiger partial charge < -0.3 is 14.8 Å². The van der Waals surface area contributed by atoms with Crippen LogP contribution in [0.3, 0.4) is 0 Å². The SMILES string of the molecule is OCC(O)CSc1nnc(Cc2cccs2)n1C1CC1. The van der Waals surface area contributed by atoms with Crippen LogP contribution in [0.5, 0.6) is 0 Å². The fourth-order valence-electron chi connectivity index (χ4n) is 2.02. The Labute approximate surface area is 125 Å². The van der Waals surface area contributed by atoms with Crippen molar-refractivity contribution in [3.63, 3.8) is 0 Å². The van der Waals surface area contributed by atoms with E-state index in [0.717, 1.165) is 17.4 Å². The van der Waals surface area contributed by atoms with E-state index in [9.17, 15) is 5.11 Å². The number of aliphatic hydroxyl groups excluding tert-OH is 2. The topological polar surface area (TPSA) is 71.2 Å². The van der Waals surface area contributed by atoms with Crippen LogP contribution in [-0.4, -0.2) is 43.4 Å². The van der Waals surface area contributed by atoms with E-state index in [1.54, 1.807) is 11.3 Å². The maximum absolute atomic E-state index is 9.45. The smallest absolute Gasteiger partial charge is 0.191 e. The molecule has 0 radical (unpaired) electrons. The zero-order valence-electron chi connectivity index (χ0n) is 11.0. The van der Waals surface area contributed by atoms with Crippen LogP contribution in [0.25, 0.3) is 0 Å². The van der Waals surface area contributed by atoms with Gasteiger partial charge in [0.15, 0.2) is 5.16 Å². The number of thiophene rings is 1. The summed E-state index contributed by atoms with van der Waals surface area (Å²) in [6.07, 6.45) is 2.45. The zero-order chi connectivity index (χ0) is 13.9. The molecule has 2 heterocycles. The first-order valence-electron chi connectivity index (χ1n) is 6.66. The normalized spacial score (nSPS) is 16.5. The molecule has 2 aromatic rings. The monoisotopic (exact) mass is 311 g/mol. The van der Waals surface area contributed by atoms with Crippen molar-refractivity contribution in [2.45, 2.75) is 36.6 Å². The number of hydrogen-bond acceptors (Lipinski definition) is 6. The fourth-order valence-corrected chi connectivity index (χ4v) is 3.66. The van der Waals surface area contributed by atoms with Gasteiger partial charge in [0, 0.05) is 23.1 Å². The van der Waals surface area contributed by atoms with Gasteiger partial charge in [-0.15, -0.1) is 21.5 Å². The van der Waals surface area contributed by atoms with Crippen molar-refractivity contribution in [3.8, 4) is 0 Å². The maximum Gasteiger partial charge on any atom is 0.191 e. The van der Waals surface area contributed by atoms with Gasteiger partial charge in [-0.2, -0.15) is 0 Å². The maximum atomic E-state index is 9.45. The van der Waals surface area contributed by atoms with Crippen molar-refractivity contribution in [1.29, 1.82) is 0 Å². The summed E-state index contributed by atoms with van der Waals surface area (Å²) in [5, 5.41) is 29.8. The molecule has 1 unspecified atom stereocenters. The van der Waals surface area contributed by atoms with Gasteiger partial charge in [0.1, 0.15) is 5.82 Å². The summed E-state index contributed by atoms with van der Waals surface area (Å²) in [5.74, 6) is 1.44. The molecule has 108 valence electrons. The molecule has 3 rings (SSSR count). The van der Waals surface area contributed by atoms with E-state index in [1.165, 1.54) is 29.5 Å². The molecule has 0 bridgehead atoms. The average molecular weight is 311 g/mol. The first kappa shape index (κ1) is 14.1. The molecular weight excluding hydrogens is 294 g/mol. The summed E-state index contributed by atoms with van der Waals surface area (Å²) >= 11 is 3.19. The molecule has 2 aromatic heterocycles. The standard InChI is InChI=1S/C13H17N3O2S2/c17-7-10(18)8-20-13-15-14-12(16(13)9-3-4-9)6-11-2-1-5-19-11/h1-2,5,9-10,17-18H,3-4,6-8H2. The Balaban J connectivity index is 1.75. The lowest BCUT2D eigenvalue weighted by Gasteiger charge is -2.09. The van der Waals surface area contributed by atoms with Gasteiger partial charge in [-0.1, -0.05) is 17.8 Å². The van der Waals surface area contributed by atoms with Gasteiger partial charge in [-0.25, -0.2) is 0 Å². The van der Waals surface area contributed by atoms with Gasteiger partial charge in [-0.05, 0) is 24.3 Å². The summed E-state index contributed by atoms with van der Waals surface area (Å²) in [6.45, 7) is -0.216. The van der Waals surface area contributed by atoms with Crippen LogP contribution in [0.2, 0.25) is 0 Å². The molecule has 1 saturated carbocycles. The van der Waals surface area contributed by atoms with Gasteiger partial charge >= 0.3 is 0 Å². The summed E-state index contributed by atoms with van der Waals surface area (Å²) in [6, 6.07) is 4.66. The van der Waals surface area contributed by atoms with Gasteiger partial charge in [-0.3, -0.25) is 0 Å². The second-order valence-electron chi connectivity index (χ2n) is 4.90. The molecule has 2 N–H and O–H groups in total. The minimum absolute atomic E-state index is 0.216. The molecule has 1 atom stereocenters. The van der Waals surface area contributed by atoms with Crippen LogP contribution in [0.15, 0.2) is 22.7 Å². The van der Waals surface area contributed by atoms with Gasteiger partial charge in [0.2, 0.25) is 0 Å². The summed E-state index contributed by atoms with van der Waals surface area (Å²) < 4.78 is 2.20. The molecule has 0 aliphatic heterocycles. The molecule has 7 heteroatoms. The molecular formula is C13H17N3O2S2. The second kappa shape index (κ2) is 6.26. The van der Waals surface area contributed by atoms with E-state index in [0.29, 0.717) is 11.8 Å². The molecule has 1 aliphatic rings. The van der Waals surface area contributed by atoms with Crippen molar-refractivity contribution >= 4 is 23.1 Å². The van der Waals surface area contributed by atoms with Crippen LogP contribution < -0.4 is 0 Å². The Kier molecular flexibility index (Phi) is 4.40. The molecule has 5 nitrogen and oxygen atoms in total. The van der Waals surface area contributed by atoms with E-state index < -0.39 is 6.10 Å². The Bertz CT molecular complexity index is 552.